The van der Waals surface area contributed by atoms with Crippen LogP contribution in [0.4, 0.5) is 11.5 Å². The minimum Gasteiger partial charge on any atom is -0.508 e. The fourth-order valence-electron chi connectivity index (χ4n) is 2.67. The molecule has 5 nitrogen and oxygen atoms in total. The number of anilines is 2. The second-order valence-electron chi connectivity index (χ2n) is 5.57. The molecule has 0 atom stereocenters. The van der Waals surface area contributed by atoms with Crippen molar-refractivity contribution in [2.45, 2.75) is 0 Å². The molecule has 130 valence electrons. The fraction of sp³-hybridized carbons (Fsp3) is 0.0526. The van der Waals surface area contributed by atoms with E-state index in [-0.39, 0.29) is 11.0 Å². The number of hydrogen-bond donors (Lipinski definition) is 2. The van der Waals surface area contributed by atoms with Crippen molar-refractivity contribution in [3.8, 4) is 22.6 Å². The summed E-state index contributed by atoms with van der Waals surface area (Å²) in [5, 5.41) is 15.9. The lowest BCUT2D eigenvalue weighted by Gasteiger charge is -2.09. The highest BCUT2D eigenvalue weighted by molar-refractivity contribution is 7.17. The van der Waals surface area contributed by atoms with Crippen LogP contribution in [0.1, 0.15) is 0 Å². The Bertz CT molecular complexity index is 1060. The van der Waals surface area contributed by atoms with Crippen molar-refractivity contribution in [3.05, 3.63) is 59.2 Å². The van der Waals surface area contributed by atoms with Gasteiger partial charge in [-0.2, -0.15) is 4.98 Å². The molecule has 2 heterocycles. The van der Waals surface area contributed by atoms with Crippen LogP contribution in [0.5, 0.6) is 11.5 Å². The van der Waals surface area contributed by atoms with Gasteiger partial charge in [-0.1, -0.05) is 12.1 Å². The molecule has 0 aliphatic rings. The van der Waals surface area contributed by atoms with Gasteiger partial charge in [-0.15, -0.1) is 11.3 Å². The summed E-state index contributed by atoms with van der Waals surface area (Å²) in [6, 6.07) is 14.6. The van der Waals surface area contributed by atoms with Crippen molar-refractivity contribution < 1.29 is 9.84 Å². The highest BCUT2D eigenvalue weighted by atomic mass is 35.5. The van der Waals surface area contributed by atoms with E-state index in [0.717, 1.165) is 32.8 Å². The van der Waals surface area contributed by atoms with E-state index in [1.54, 1.807) is 31.4 Å². The Labute approximate surface area is 158 Å². The molecule has 4 rings (SSSR count). The highest BCUT2D eigenvalue weighted by Gasteiger charge is 2.15. The van der Waals surface area contributed by atoms with E-state index in [1.807, 2.05) is 29.6 Å². The zero-order valence-electron chi connectivity index (χ0n) is 13.7. The Morgan fingerprint density at radius 2 is 1.77 bits per heavy atom. The molecular formula is C19H14ClN3O2S. The minimum atomic E-state index is 0.182. The minimum absolute atomic E-state index is 0.182. The maximum Gasteiger partial charge on any atom is 0.225 e. The summed E-state index contributed by atoms with van der Waals surface area (Å²) < 4.78 is 5.23. The van der Waals surface area contributed by atoms with Crippen molar-refractivity contribution in [2.24, 2.45) is 0 Å². The Morgan fingerprint density at radius 3 is 2.46 bits per heavy atom. The van der Waals surface area contributed by atoms with Crippen molar-refractivity contribution >= 4 is 44.7 Å². The Morgan fingerprint density at radius 1 is 1.04 bits per heavy atom. The number of benzene rings is 2. The summed E-state index contributed by atoms with van der Waals surface area (Å²) in [4.78, 5) is 9.52. The number of phenols is 1. The molecule has 26 heavy (non-hydrogen) atoms. The monoisotopic (exact) mass is 383 g/mol. The lowest BCUT2D eigenvalue weighted by Crippen LogP contribution is -1.96. The number of nitrogens with zero attached hydrogens (tertiary/aromatic N) is 2. The molecule has 4 aromatic rings. The Hall–Kier alpha value is -2.83. The zero-order chi connectivity index (χ0) is 18.1. The molecule has 0 saturated heterocycles. The molecule has 0 unspecified atom stereocenters. The first-order chi connectivity index (χ1) is 12.6. The van der Waals surface area contributed by atoms with E-state index >= 15 is 0 Å². The van der Waals surface area contributed by atoms with Gasteiger partial charge >= 0.3 is 0 Å². The number of thiophene rings is 1. The van der Waals surface area contributed by atoms with Crippen LogP contribution in [0.2, 0.25) is 5.28 Å². The van der Waals surface area contributed by atoms with E-state index in [0.29, 0.717) is 5.82 Å². The lowest BCUT2D eigenvalue weighted by molar-refractivity contribution is 0.415. The zero-order valence-corrected chi connectivity index (χ0v) is 15.3. The van der Waals surface area contributed by atoms with Gasteiger partial charge in [-0.05, 0) is 53.6 Å². The SMILES string of the molecule is COc1ccc(-c2csc3nc(Cl)nc(Nc4ccc(O)cc4)c23)cc1. The molecule has 7 heteroatoms. The molecule has 0 saturated carbocycles. The lowest BCUT2D eigenvalue weighted by atomic mass is 10.1. The van der Waals surface area contributed by atoms with Crippen LogP contribution in [0.25, 0.3) is 21.3 Å². The number of rotatable bonds is 4. The molecule has 0 fully saturated rings. The molecule has 0 bridgehead atoms. The van der Waals surface area contributed by atoms with Gasteiger partial charge in [-0.3, -0.25) is 0 Å². The van der Waals surface area contributed by atoms with Gasteiger partial charge in [0.25, 0.3) is 0 Å². The third kappa shape index (κ3) is 3.16. The van der Waals surface area contributed by atoms with Gasteiger partial charge in [-0.25, -0.2) is 4.98 Å². The first-order valence-corrected chi connectivity index (χ1v) is 9.05. The van der Waals surface area contributed by atoms with E-state index in [9.17, 15) is 5.11 Å². The Kier molecular flexibility index (Phi) is 4.36. The topological polar surface area (TPSA) is 67.3 Å². The number of hydrogen-bond acceptors (Lipinski definition) is 6. The van der Waals surface area contributed by atoms with Gasteiger partial charge in [0.1, 0.15) is 22.1 Å². The van der Waals surface area contributed by atoms with Gasteiger partial charge in [0.2, 0.25) is 5.28 Å². The van der Waals surface area contributed by atoms with Crippen LogP contribution >= 0.6 is 22.9 Å². The number of halogens is 1. The predicted octanol–water partition coefficient (Wildman–Crippen LogP) is 5.47. The molecular weight excluding hydrogens is 370 g/mol. The molecule has 2 aromatic carbocycles. The molecule has 0 amide bonds. The summed E-state index contributed by atoms with van der Waals surface area (Å²) in [7, 11) is 1.64. The average Bonchev–Trinajstić information content (AvgIpc) is 3.07. The number of methoxy groups -OCH3 is 1. The van der Waals surface area contributed by atoms with E-state index in [4.69, 9.17) is 16.3 Å². The molecule has 0 spiro atoms. The van der Waals surface area contributed by atoms with Crippen LogP contribution in [0.15, 0.2) is 53.9 Å². The van der Waals surface area contributed by atoms with E-state index in [2.05, 4.69) is 15.3 Å². The molecule has 0 aliphatic carbocycles. The van der Waals surface area contributed by atoms with E-state index in [1.165, 1.54) is 11.3 Å². The van der Waals surface area contributed by atoms with E-state index < -0.39 is 0 Å². The van der Waals surface area contributed by atoms with Gasteiger partial charge < -0.3 is 15.2 Å². The molecule has 0 aliphatic heterocycles. The summed E-state index contributed by atoms with van der Waals surface area (Å²) in [5.74, 6) is 1.63. The van der Waals surface area contributed by atoms with Gasteiger partial charge in [0.05, 0.1) is 12.5 Å². The van der Waals surface area contributed by atoms with Gasteiger partial charge in [0.15, 0.2) is 0 Å². The predicted molar refractivity (Wildman–Crippen MR) is 106 cm³/mol. The standard InChI is InChI=1S/C19H14ClN3O2S/c1-25-14-8-2-11(3-9-14)15-10-26-18-16(15)17(22-19(20)23-18)21-12-4-6-13(24)7-5-12/h2-10,24H,1H3,(H,21,22,23). The third-order valence-corrected chi connectivity index (χ3v) is 4.98. The van der Waals surface area contributed by atoms with Crippen LogP contribution in [-0.4, -0.2) is 22.2 Å². The smallest absolute Gasteiger partial charge is 0.225 e. The van der Waals surface area contributed by atoms with Crippen LogP contribution in [-0.2, 0) is 0 Å². The number of ether oxygens (including phenoxy) is 1. The second-order valence-corrected chi connectivity index (χ2v) is 6.77. The molecule has 2 aromatic heterocycles. The Balaban J connectivity index is 1.83. The summed E-state index contributed by atoms with van der Waals surface area (Å²) in [6.45, 7) is 0. The second kappa shape index (κ2) is 6.82. The first-order valence-electron chi connectivity index (χ1n) is 7.79. The number of fused-ring (bicyclic) bond motifs is 1. The quantitative estimate of drug-likeness (QED) is 0.361. The third-order valence-electron chi connectivity index (χ3n) is 3.94. The van der Waals surface area contributed by atoms with Crippen molar-refractivity contribution in [3.63, 3.8) is 0 Å². The fourth-order valence-corrected chi connectivity index (χ4v) is 3.84. The number of aromatic nitrogens is 2. The first kappa shape index (κ1) is 16.6. The summed E-state index contributed by atoms with van der Waals surface area (Å²) in [6.07, 6.45) is 0. The van der Waals surface area contributed by atoms with Crippen LogP contribution in [0, 0.1) is 0 Å². The summed E-state index contributed by atoms with van der Waals surface area (Å²) >= 11 is 7.61. The molecule has 0 radical (unpaired) electrons. The number of aromatic hydroxyl groups is 1. The average molecular weight is 384 g/mol. The number of phenolic OH excluding ortho intramolecular Hbond substituents is 1. The van der Waals surface area contributed by atoms with Gasteiger partial charge in [0, 0.05) is 16.6 Å². The maximum absolute atomic E-state index is 9.46. The normalized spacial score (nSPS) is 10.8. The molecule has 2 N–H and O–H groups in total. The van der Waals surface area contributed by atoms with Crippen molar-refractivity contribution in [1.29, 1.82) is 0 Å². The van der Waals surface area contributed by atoms with Crippen LogP contribution < -0.4 is 10.1 Å². The van der Waals surface area contributed by atoms with Crippen molar-refractivity contribution in [2.75, 3.05) is 12.4 Å². The van der Waals surface area contributed by atoms with Crippen molar-refractivity contribution in [1.82, 2.24) is 9.97 Å². The van der Waals surface area contributed by atoms with Crippen LogP contribution in [0.3, 0.4) is 0 Å². The largest absolute Gasteiger partial charge is 0.508 e. The summed E-state index contributed by atoms with van der Waals surface area (Å²) in [5.41, 5.74) is 2.85. The highest BCUT2D eigenvalue weighted by Crippen LogP contribution is 2.39. The maximum atomic E-state index is 9.46. The number of nitrogens with one attached hydrogen (secondary N) is 1.